The van der Waals surface area contributed by atoms with Crippen LogP contribution in [0.15, 0.2) is 156 Å². The average Bonchev–Trinajstić information content (AvgIpc) is 3.77. The second kappa shape index (κ2) is 12.1. The first-order valence-corrected chi connectivity index (χ1v) is 17.5. The highest BCUT2D eigenvalue weighted by atomic mass is 16.3. The highest BCUT2D eigenvalue weighted by Gasteiger charge is 2.23. The number of aromatic nitrogens is 3. The lowest BCUT2D eigenvalue weighted by molar-refractivity contribution is 0.546. The first kappa shape index (κ1) is 29.8. The number of furan rings is 1. The van der Waals surface area contributed by atoms with Crippen LogP contribution in [0, 0.1) is 11.3 Å². The van der Waals surface area contributed by atoms with Gasteiger partial charge >= 0.3 is 0 Å². The van der Waals surface area contributed by atoms with Crippen molar-refractivity contribution in [2.24, 2.45) is 0 Å². The van der Waals surface area contributed by atoms with Crippen molar-refractivity contribution in [2.75, 3.05) is 0 Å². The standard InChI is InChI=1S/C47H30N4O/c48-29-32-17-7-8-18-36(32)33-25-34(47-49-40(30-13-3-1-4-14-30)28-41(50-47)31-15-5-2-6-16-31)27-35(26-33)51-42-21-11-9-19-37(42)38-23-24-44-45(46(38)51)39-20-10-12-22-43(39)52-44/h1-11,13-21,23-28H,12,22H2. The molecule has 0 saturated carbocycles. The van der Waals surface area contributed by atoms with E-state index in [9.17, 15) is 5.26 Å². The minimum absolute atomic E-state index is 0.604. The smallest absolute Gasteiger partial charge is 0.160 e. The van der Waals surface area contributed by atoms with E-state index >= 15 is 0 Å². The molecule has 0 atom stereocenters. The van der Waals surface area contributed by atoms with E-state index in [1.165, 1.54) is 0 Å². The van der Waals surface area contributed by atoms with Crippen molar-refractivity contribution in [3.63, 3.8) is 0 Å². The second-order valence-corrected chi connectivity index (χ2v) is 13.2. The molecule has 3 heterocycles. The van der Waals surface area contributed by atoms with Gasteiger partial charge in [0.05, 0.1) is 39.4 Å². The van der Waals surface area contributed by atoms with Gasteiger partial charge in [-0.25, -0.2) is 9.97 Å². The molecule has 0 bridgehead atoms. The van der Waals surface area contributed by atoms with Crippen LogP contribution in [0.4, 0.5) is 0 Å². The van der Waals surface area contributed by atoms with Gasteiger partial charge in [0.15, 0.2) is 5.82 Å². The zero-order valence-corrected chi connectivity index (χ0v) is 28.1. The quantitative estimate of drug-likeness (QED) is 0.183. The predicted octanol–water partition coefficient (Wildman–Crippen LogP) is 11.8. The van der Waals surface area contributed by atoms with Crippen LogP contribution in [0.25, 0.3) is 89.6 Å². The molecule has 244 valence electrons. The van der Waals surface area contributed by atoms with Crippen molar-refractivity contribution in [2.45, 2.75) is 12.8 Å². The highest BCUT2D eigenvalue weighted by Crippen LogP contribution is 2.43. The normalized spacial score (nSPS) is 12.4. The van der Waals surface area contributed by atoms with Crippen molar-refractivity contribution in [1.29, 1.82) is 5.26 Å². The van der Waals surface area contributed by atoms with E-state index in [0.29, 0.717) is 11.4 Å². The Morgan fingerprint density at radius 1 is 0.635 bits per heavy atom. The maximum absolute atomic E-state index is 10.2. The third-order valence-electron chi connectivity index (χ3n) is 10.1. The molecular formula is C47H30N4O. The van der Waals surface area contributed by atoms with Gasteiger partial charge in [0, 0.05) is 45.1 Å². The predicted molar refractivity (Wildman–Crippen MR) is 210 cm³/mol. The molecular weight excluding hydrogens is 637 g/mol. The molecule has 3 aromatic heterocycles. The molecule has 6 aromatic carbocycles. The SMILES string of the molecule is N#Cc1ccccc1-c1cc(-c2nc(-c3ccccc3)cc(-c3ccccc3)n2)cc(-n2c3ccccc3c3ccc4oc5c(c4c32)C=CCC5)c1. The number of allylic oxidation sites excluding steroid dienone is 1. The lowest BCUT2D eigenvalue weighted by Crippen LogP contribution is -2.00. The Morgan fingerprint density at radius 2 is 1.33 bits per heavy atom. The van der Waals surface area contributed by atoms with Gasteiger partial charge < -0.3 is 8.98 Å². The van der Waals surface area contributed by atoms with Crippen LogP contribution in [-0.4, -0.2) is 14.5 Å². The summed E-state index contributed by atoms with van der Waals surface area (Å²) >= 11 is 0. The van der Waals surface area contributed by atoms with E-state index in [2.05, 4.69) is 108 Å². The third-order valence-corrected chi connectivity index (χ3v) is 10.1. The van der Waals surface area contributed by atoms with E-state index in [1.807, 2.05) is 60.7 Å². The number of para-hydroxylation sites is 1. The van der Waals surface area contributed by atoms with Gasteiger partial charge in [-0.05, 0) is 66.1 Å². The minimum atomic E-state index is 0.604. The van der Waals surface area contributed by atoms with Crippen LogP contribution in [-0.2, 0) is 6.42 Å². The average molecular weight is 667 g/mol. The summed E-state index contributed by atoms with van der Waals surface area (Å²) in [5, 5.41) is 13.7. The summed E-state index contributed by atoms with van der Waals surface area (Å²) in [6.45, 7) is 0. The largest absolute Gasteiger partial charge is 0.460 e. The van der Waals surface area contributed by atoms with Crippen LogP contribution in [0.3, 0.4) is 0 Å². The molecule has 0 unspecified atom stereocenters. The molecule has 10 rings (SSSR count). The van der Waals surface area contributed by atoms with Crippen molar-refractivity contribution >= 4 is 38.9 Å². The molecule has 0 aliphatic heterocycles. The van der Waals surface area contributed by atoms with Crippen LogP contribution < -0.4 is 0 Å². The Morgan fingerprint density at radius 3 is 2.10 bits per heavy atom. The molecule has 0 amide bonds. The van der Waals surface area contributed by atoms with Crippen molar-refractivity contribution in [3.05, 3.63) is 169 Å². The molecule has 52 heavy (non-hydrogen) atoms. The molecule has 0 N–H and O–H groups in total. The number of benzene rings is 6. The fourth-order valence-corrected chi connectivity index (χ4v) is 7.70. The molecule has 5 nitrogen and oxygen atoms in total. The summed E-state index contributed by atoms with van der Waals surface area (Å²) in [4.78, 5) is 10.4. The van der Waals surface area contributed by atoms with Crippen molar-refractivity contribution in [1.82, 2.24) is 14.5 Å². The van der Waals surface area contributed by atoms with Gasteiger partial charge in [-0.1, -0.05) is 109 Å². The number of rotatable bonds is 5. The first-order valence-electron chi connectivity index (χ1n) is 17.5. The number of nitrogens with zero attached hydrogens (tertiary/aromatic N) is 4. The number of fused-ring (bicyclic) bond motifs is 7. The Labute approximate surface area is 300 Å². The summed E-state index contributed by atoms with van der Waals surface area (Å²) in [5.74, 6) is 1.63. The van der Waals surface area contributed by atoms with Crippen LogP contribution >= 0.6 is 0 Å². The fraction of sp³-hybridized carbons (Fsp3) is 0.0426. The molecule has 9 aromatic rings. The summed E-state index contributed by atoms with van der Waals surface area (Å²) in [6.07, 6.45) is 6.30. The van der Waals surface area contributed by atoms with Crippen molar-refractivity contribution in [3.8, 4) is 56.8 Å². The van der Waals surface area contributed by atoms with E-state index < -0.39 is 0 Å². The second-order valence-electron chi connectivity index (χ2n) is 13.2. The van der Waals surface area contributed by atoms with Gasteiger partial charge in [0.25, 0.3) is 0 Å². The summed E-state index contributed by atoms with van der Waals surface area (Å²) in [5.41, 5.74) is 12.1. The zero-order chi connectivity index (χ0) is 34.6. The first-order chi connectivity index (χ1) is 25.7. The number of nitriles is 1. The van der Waals surface area contributed by atoms with E-state index in [0.717, 1.165) is 102 Å². The Kier molecular flexibility index (Phi) is 6.94. The Balaban J connectivity index is 1.31. The van der Waals surface area contributed by atoms with Gasteiger partial charge in [0.1, 0.15) is 11.3 Å². The summed E-state index contributed by atoms with van der Waals surface area (Å²) < 4.78 is 8.85. The van der Waals surface area contributed by atoms with Crippen LogP contribution in [0.2, 0.25) is 0 Å². The van der Waals surface area contributed by atoms with E-state index in [-0.39, 0.29) is 0 Å². The van der Waals surface area contributed by atoms with Gasteiger partial charge in [-0.2, -0.15) is 5.26 Å². The van der Waals surface area contributed by atoms with Gasteiger partial charge in [0.2, 0.25) is 0 Å². The lowest BCUT2D eigenvalue weighted by atomic mass is 9.97. The van der Waals surface area contributed by atoms with E-state index in [4.69, 9.17) is 14.4 Å². The zero-order valence-electron chi connectivity index (χ0n) is 28.1. The summed E-state index contributed by atoms with van der Waals surface area (Å²) in [7, 11) is 0. The van der Waals surface area contributed by atoms with Gasteiger partial charge in [-0.15, -0.1) is 0 Å². The molecule has 0 radical (unpaired) electrons. The monoisotopic (exact) mass is 666 g/mol. The van der Waals surface area contributed by atoms with Crippen LogP contribution in [0.5, 0.6) is 0 Å². The Hall–Kier alpha value is -7.03. The molecule has 0 saturated heterocycles. The van der Waals surface area contributed by atoms with E-state index in [1.54, 1.807) is 0 Å². The highest BCUT2D eigenvalue weighted by molar-refractivity contribution is 6.20. The molecule has 1 aliphatic rings. The molecule has 5 heteroatoms. The maximum Gasteiger partial charge on any atom is 0.160 e. The third kappa shape index (κ3) is 4.85. The van der Waals surface area contributed by atoms with Crippen molar-refractivity contribution < 1.29 is 4.42 Å². The molecule has 1 aliphatic carbocycles. The minimum Gasteiger partial charge on any atom is -0.460 e. The Bertz CT molecular complexity index is 2850. The summed E-state index contributed by atoms with van der Waals surface area (Å²) in [6, 6.07) is 52.1. The molecule has 0 fully saturated rings. The van der Waals surface area contributed by atoms with Gasteiger partial charge in [-0.3, -0.25) is 0 Å². The number of hydrogen-bond donors (Lipinski definition) is 0. The topological polar surface area (TPSA) is 67.6 Å². The lowest BCUT2D eigenvalue weighted by Gasteiger charge is -2.15. The maximum atomic E-state index is 10.2. The van der Waals surface area contributed by atoms with Crippen LogP contribution in [0.1, 0.15) is 23.3 Å². The number of hydrogen-bond acceptors (Lipinski definition) is 4. The number of aryl methyl sites for hydroxylation is 1. The molecule has 0 spiro atoms. The fourth-order valence-electron chi connectivity index (χ4n) is 7.70.